The standard InChI is InChI=1S/C23H25ClN2O6/c1-4-30-17-9-13(8-16(24)20(17)32-12(3)23(29)31-5-2)11-25-26-21(27)18-14-6-7-15(10-14)19(18)22(26)28/h6-9,11-12,14-15,18-19H,4-5,10H2,1-3H3/t12-,14+,15+,18-,19+/m1/s1. The summed E-state index contributed by atoms with van der Waals surface area (Å²) >= 11 is 6.40. The summed E-state index contributed by atoms with van der Waals surface area (Å²) < 4.78 is 16.3. The molecule has 2 aliphatic carbocycles. The number of carbonyl (C=O) groups excluding carboxylic acids is 3. The van der Waals surface area contributed by atoms with E-state index in [-0.39, 0.29) is 52.9 Å². The van der Waals surface area contributed by atoms with Gasteiger partial charge in [-0.05, 0) is 56.7 Å². The van der Waals surface area contributed by atoms with Crippen LogP contribution in [0.1, 0.15) is 32.8 Å². The zero-order chi connectivity index (χ0) is 23.0. The molecular weight excluding hydrogens is 436 g/mol. The summed E-state index contributed by atoms with van der Waals surface area (Å²) in [7, 11) is 0. The van der Waals surface area contributed by atoms with Crippen LogP contribution in [0.3, 0.4) is 0 Å². The Balaban J connectivity index is 1.54. The van der Waals surface area contributed by atoms with E-state index in [0.29, 0.717) is 17.9 Å². The first-order valence-corrected chi connectivity index (χ1v) is 11.1. The van der Waals surface area contributed by atoms with Crippen molar-refractivity contribution in [3.8, 4) is 11.5 Å². The summed E-state index contributed by atoms with van der Waals surface area (Å²) in [5, 5.41) is 5.35. The fourth-order valence-electron chi connectivity index (χ4n) is 4.65. The van der Waals surface area contributed by atoms with E-state index >= 15 is 0 Å². The van der Waals surface area contributed by atoms with E-state index < -0.39 is 12.1 Å². The Hall–Kier alpha value is -2.87. The predicted octanol–water partition coefficient (Wildman–Crippen LogP) is 3.21. The van der Waals surface area contributed by atoms with Gasteiger partial charge in [0.25, 0.3) is 11.8 Å². The lowest BCUT2D eigenvalue weighted by Gasteiger charge is -2.18. The second-order valence-corrected chi connectivity index (χ2v) is 8.42. The van der Waals surface area contributed by atoms with Crippen LogP contribution in [-0.4, -0.2) is 48.3 Å². The average Bonchev–Trinajstić information content (AvgIpc) is 3.43. The minimum absolute atomic E-state index is 0.124. The zero-order valence-corrected chi connectivity index (χ0v) is 18.9. The Morgan fingerprint density at radius 3 is 2.44 bits per heavy atom. The molecule has 2 fully saturated rings. The Labute approximate surface area is 191 Å². The molecule has 170 valence electrons. The monoisotopic (exact) mass is 460 g/mol. The minimum atomic E-state index is -0.880. The van der Waals surface area contributed by atoms with E-state index in [9.17, 15) is 14.4 Å². The van der Waals surface area contributed by atoms with Gasteiger partial charge in [-0.15, -0.1) is 0 Å². The molecule has 0 aromatic heterocycles. The molecule has 1 heterocycles. The van der Waals surface area contributed by atoms with Crippen molar-refractivity contribution in [1.82, 2.24) is 5.01 Å². The summed E-state index contributed by atoms with van der Waals surface area (Å²) in [5.41, 5.74) is 0.522. The number of amides is 2. The summed E-state index contributed by atoms with van der Waals surface area (Å²) in [6.45, 7) is 5.64. The molecule has 1 aliphatic heterocycles. The predicted molar refractivity (Wildman–Crippen MR) is 117 cm³/mol. The lowest BCUT2D eigenvalue weighted by Crippen LogP contribution is -2.28. The molecule has 2 bridgehead atoms. The molecule has 1 saturated heterocycles. The second kappa shape index (κ2) is 8.94. The van der Waals surface area contributed by atoms with Crippen LogP contribution in [0.5, 0.6) is 11.5 Å². The minimum Gasteiger partial charge on any atom is -0.490 e. The van der Waals surface area contributed by atoms with Gasteiger partial charge in [0.2, 0.25) is 0 Å². The van der Waals surface area contributed by atoms with Gasteiger partial charge in [-0.25, -0.2) is 4.79 Å². The van der Waals surface area contributed by atoms with Crippen LogP contribution in [0.15, 0.2) is 29.4 Å². The number of hydrogen-bond acceptors (Lipinski definition) is 7. The lowest BCUT2D eigenvalue weighted by molar-refractivity contribution is -0.150. The number of halogens is 1. The molecule has 3 aliphatic rings. The Bertz CT molecular complexity index is 976. The van der Waals surface area contributed by atoms with Crippen molar-refractivity contribution in [2.24, 2.45) is 28.8 Å². The Kier molecular flexibility index (Phi) is 6.24. The maximum atomic E-state index is 12.8. The van der Waals surface area contributed by atoms with Crippen molar-refractivity contribution in [3.63, 3.8) is 0 Å². The van der Waals surface area contributed by atoms with Gasteiger partial charge in [-0.3, -0.25) is 9.59 Å². The number of imide groups is 1. The third-order valence-electron chi connectivity index (χ3n) is 6.01. The molecule has 0 N–H and O–H groups in total. The van der Waals surface area contributed by atoms with Crippen molar-refractivity contribution in [2.45, 2.75) is 33.3 Å². The number of nitrogens with zero attached hydrogens (tertiary/aromatic N) is 2. The fourth-order valence-corrected chi connectivity index (χ4v) is 4.91. The van der Waals surface area contributed by atoms with E-state index in [4.69, 9.17) is 25.8 Å². The van der Waals surface area contributed by atoms with Crippen LogP contribution in [-0.2, 0) is 19.1 Å². The van der Waals surface area contributed by atoms with Gasteiger partial charge in [0, 0.05) is 0 Å². The number of benzene rings is 1. The lowest BCUT2D eigenvalue weighted by atomic mass is 9.85. The molecule has 1 aromatic carbocycles. The average molecular weight is 461 g/mol. The van der Waals surface area contributed by atoms with Crippen molar-refractivity contribution in [2.75, 3.05) is 13.2 Å². The number of rotatable bonds is 8. The van der Waals surface area contributed by atoms with Crippen LogP contribution in [0.2, 0.25) is 5.02 Å². The Morgan fingerprint density at radius 1 is 1.19 bits per heavy atom. The first-order chi connectivity index (χ1) is 15.3. The zero-order valence-electron chi connectivity index (χ0n) is 18.1. The van der Waals surface area contributed by atoms with Crippen LogP contribution < -0.4 is 9.47 Å². The number of allylic oxidation sites excluding steroid dienone is 2. The number of fused-ring (bicyclic) bond motifs is 5. The summed E-state index contributed by atoms with van der Waals surface area (Å²) in [6, 6.07) is 3.20. The normalized spacial score (nSPS) is 26.7. The number of ether oxygens (including phenoxy) is 3. The number of carbonyl (C=O) groups is 3. The molecule has 1 saturated carbocycles. The van der Waals surface area contributed by atoms with Gasteiger partial charge >= 0.3 is 5.97 Å². The van der Waals surface area contributed by atoms with Gasteiger partial charge in [0.05, 0.1) is 36.3 Å². The molecule has 0 unspecified atom stereocenters. The van der Waals surface area contributed by atoms with Crippen molar-refractivity contribution >= 4 is 35.6 Å². The maximum Gasteiger partial charge on any atom is 0.347 e. The largest absolute Gasteiger partial charge is 0.490 e. The molecule has 8 nitrogen and oxygen atoms in total. The highest BCUT2D eigenvalue weighted by atomic mass is 35.5. The summed E-state index contributed by atoms with van der Waals surface area (Å²) in [6.07, 6.45) is 5.46. The van der Waals surface area contributed by atoms with Crippen LogP contribution in [0.25, 0.3) is 0 Å². The highest BCUT2D eigenvalue weighted by Crippen LogP contribution is 2.52. The third kappa shape index (κ3) is 3.88. The van der Waals surface area contributed by atoms with Crippen LogP contribution in [0, 0.1) is 23.7 Å². The molecule has 0 radical (unpaired) electrons. The van der Waals surface area contributed by atoms with Crippen molar-refractivity contribution in [3.05, 3.63) is 34.9 Å². The van der Waals surface area contributed by atoms with E-state index in [0.717, 1.165) is 11.4 Å². The van der Waals surface area contributed by atoms with E-state index in [2.05, 4.69) is 5.10 Å². The fraction of sp³-hybridized carbons (Fsp3) is 0.478. The quantitative estimate of drug-likeness (QED) is 0.256. The number of esters is 1. The molecule has 32 heavy (non-hydrogen) atoms. The highest BCUT2D eigenvalue weighted by Gasteiger charge is 2.59. The molecule has 5 atom stereocenters. The summed E-state index contributed by atoms with van der Waals surface area (Å²) in [4.78, 5) is 37.5. The Morgan fingerprint density at radius 2 is 1.84 bits per heavy atom. The van der Waals surface area contributed by atoms with Crippen molar-refractivity contribution < 1.29 is 28.6 Å². The molecular formula is C23H25ClN2O6. The molecule has 4 rings (SSSR count). The number of hydrazone groups is 1. The first-order valence-electron chi connectivity index (χ1n) is 10.7. The first kappa shape index (κ1) is 22.3. The highest BCUT2D eigenvalue weighted by molar-refractivity contribution is 6.32. The smallest absolute Gasteiger partial charge is 0.347 e. The van der Waals surface area contributed by atoms with E-state index in [1.165, 1.54) is 6.21 Å². The van der Waals surface area contributed by atoms with E-state index in [1.807, 2.05) is 12.2 Å². The molecule has 9 heteroatoms. The summed E-state index contributed by atoms with van der Waals surface area (Å²) in [5.74, 6) is -0.879. The molecule has 0 spiro atoms. The van der Waals surface area contributed by atoms with Gasteiger partial charge in [-0.2, -0.15) is 10.1 Å². The van der Waals surface area contributed by atoms with Gasteiger partial charge < -0.3 is 14.2 Å². The van der Waals surface area contributed by atoms with Gasteiger partial charge in [0.1, 0.15) is 0 Å². The topological polar surface area (TPSA) is 94.5 Å². The van der Waals surface area contributed by atoms with Crippen LogP contribution >= 0.6 is 11.6 Å². The molecule has 1 aromatic rings. The van der Waals surface area contributed by atoms with Gasteiger partial charge in [-0.1, -0.05) is 23.8 Å². The third-order valence-corrected chi connectivity index (χ3v) is 6.29. The SMILES string of the molecule is CCOC(=O)[C@@H](C)Oc1c(Cl)cc(C=NN2C(=O)[C@@H]3[C@H](C2=O)[C@H]2C=C[C@H]3C2)cc1OCC. The van der Waals surface area contributed by atoms with E-state index in [1.54, 1.807) is 32.9 Å². The van der Waals surface area contributed by atoms with Crippen molar-refractivity contribution in [1.29, 1.82) is 0 Å². The molecule has 2 amide bonds. The van der Waals surface area contributed by atoms with Gasteiger partial charge in [0.15, 0.2) is 17.6 Å². The second-order valence-electron chi connectivity index (χ2n) is 8.01. The number of hydrogen-bond donors (Lipinski definition) is 0. The maximum absolute atomic E-state index is 12.8. The van der Waals surface area contributed by atoms with Crippen LogP contribution in [0.4, 0.5) is 0 Å².